The van der Waals surface area contributed by atoms with E-state index in [4.69, 9.17) is 4.74 Å². The molecule has 0 N–H and O–H groups in total. The lowest BCUT2D eigenvalue weighted by Crippen LogP contribution is -2.27. The van der Waals surface area contributed by atoms with Gasteiger partial charge in [0, 0.05) is 6.42 Å². The van der Waals surface area contributed by atoms with E-state index in [1.54, 1.807) is 6.92 Å². The number of carbonyl (C=O) groups is 3. The average molecular weight is 308 g/mol. The summed E-state index contributed by atoms with van der Waals surface area (Å²) in [6.07, 6.45) is 9.21. The largest absolute Gasteiger partial charge is 0.466 e. The van der Waals surface area contributed by atoms with Gasteiger partial charge in [0.05, 0.1) is 12.5 Å². The van der Waals surface area contributed by atoms with Gasteiger partial charge in [-0.1, -0.05) is 38.5 Å². The zero-order valence-corrected chi connectivity index (χ0v) is 13.6. The van der Waals surface area contributed by atoms with E-state index in [1.807, 2.05) is 0 Å². The number of rotatable bonds is 5. The standard InChI is InChI=1S/C18H28O4/c1-2-22-18(21)12-17(20)15-10-6-9-14(11-16(15)19)13-7-4-3-5-8-13/h13-15H,2-12H2,1H3. The van der Waals surface area contributed by atoms with Gasteiger partial charge in [0.2, 0.25) is 0 Å². The van der Waals surface area contributed by atoms with Crippen molar-refractivity contribution in [2.45, 2.75) is 71.1 Å². The molecule has 0 bridgehead atoms. The second-order valence-electron chi connectivity index (χ2n) is 6.76. The molecule has 124 valence electrons. The number of ether oxygens (including phenoxy) is 1. The topological polar surface area (TPSA) is 60.4 Å². The van der Waals surface area contributed by atoms with Crippen molar-refractivity contribution >= 4 is 17.5 Å². The molecule has 2 aliphatic rings. The van der Waals surface area contributed by atoms with Crippen molar-refractivity contribution in [1.82, 2.24) is 0 Å². The Bertz CT molecular complexity index is 409. The van der Waals surface area contributed by atoms with Gasteiger partial charge in [-0.15, -0.1) is 0 Å². The van der Waals surface area contributed by atoms with E-state index in [0.717, 1.165) is 12.8 Å². The predicted molar refractivity (Wildman–Crippen MR) is 83.3 cm³/mol. The Morgan fingerprint density at radius 1 is 1.00 bits per heavy atom. The van der Waals surface area contributed by atoms with Crippen molar-refractivity contribution in [3.63, 3.8) is 0 Å². The lowest BCUT2D eigenvalue weighted by Gasteiger charge is -2.29. The van der Waals surface area contributed by atoms with E-state index in [1.165, 1.54) is 32.1 Å². The van der Waals surface area contributed by atoms with Gasteiger partial charge in [-0.2, -0.15) is 0 Å². The van der Waals surface area contributed by atoms with E-state index in [9.17, 15) is 14.4 Å². The molecule has 0 spiro atoms. The van der Waals surface area contributed by atoms with E-state index < -0.39 is 11.9 Å². The van der Waals surface area contributed by atoms with Crippen LogP contribution < -0.4 is 0 Å². The van der Waals surface area contributed by atoms with Crippen molar-refractivity contribution in [2.24, 2.45) is 17.8 Å². The first kappa shape index (κ1) is 17.2. The summed E-state index contributed by atoms with van der Waals surface area (Å²) in [4.78, 5) is 36.1. The number of esters is 1. The Balaban J connectivity index is 1.91. The molecule has 2 fully saturated rings. The Labute approximate surface area is 133 Å². The summed E-state index contributed by atoms with van der Waals surface area (Å²) in [6, 6.07) is 0. The minimum absolute atomic E-state index is 0.0578. The highest BCUT2D eigenvalue weighted by atomic mass is 16.5. The molecule has 4 heteroatoms. The summed E-state index contributed by atoms with van der Waals surface area (Å²) in [6.45, 7) is 1.99. The smallest absolute Gasteiger partial charge is 0.313 e. The predicted octanol–water partition coefficient (Wildman–Crippen LogP) is 3.46. The van der Waals surface area contributed by atoms with Gasteiger partial charge < -0.3 is 4.74 Å². The van der Waals surface area contributed by atoms with Crippen LogP contribution in [0.25, 0.3) is 0 Å². The molecule has 0 aromatic carbocycles. The highest BCUT2D eigenvalue weighted by Gasteiger charge is 2.35. The van der Waals surface area contributed by atoms with Crippen LogP contribution in [-0.4, -0.2) is 24.1 Å². The van der Waals surface area contributed by atoms with Crippen LogP contribution in [0, 0.1) is 17.8 Å². The molecule has 0 radical (unpaired) electrons. The number of hydrogen-bond donors (Lipinski definition) is 0. The zero-order chi connectivity index (χ0) is 15.9. The fourth-order valence-corrected chi connectivity index (χ4v) is 4.07. The fraction of sp³-hybridized carbons (Fsp3) is 0.833. The number of hydrogen-bond acceptors (Lipinski definition) is 4. The minimum Gasteiger partial charge on any atom is -0.466 e. The second kappa shape index (κ2) is 8.44. The van der Waals surface area contributed by atoms with Crippen molar-refractivity contribution in [3.8, 4) is 0 Å². The van der Waals surface area contributed by atoms with Gasteiger partial charge in [0.1, 0.15) is 12.2 Å². The molecule has 22 heavy (non-hydrogen) atoms. The summed E-state index contributed by atoms with van der Waals surface area (Å²) in [5.74, 6) is -0.147. The van der Waals surface area contributed by atoms with Crippen LogP contribution in [0.3, 0.4) is 0 Å². The summed E-state index contributed by atoms with van der Waals surface area (Å²) in [5.41, 5.74) is 0. The lowest BCUT2D eigenvalue weighted by atomic mass is 9.76. The first-order chi connectivity index (χ1) is 10.6. The Morgan fingerprint density at radius 2 is 1.68 bits per heavy atom. The Morgan fingerprint density at radius 3 is 2.36 bits per heavy atom. The van der Waals surface area contributed by atoms with Crippen LogP contribution in [0.5, 0.6) is 0 Å². The molecule has 4 nitrogen and oxygen atoms in total. The Hall–Kier alpha value is -1.19. The second-order valence-corrected chi connectivity index (χ2v) is 6.76. The van der Waals surface area contributed by atoms with Gasteiger partial charge in [0.15, 0.2) is 5.78 Å². The molecule has 2 unspecified atom stereocenters. The molecule has 0 aromatic heterocycles. The maximum absolute atomic E-state index is 12.5. The van der Waals surface area contributed by atoms with E-state index >= 15 is 0 Å². The normalized spacial score (nSPS) is 27.2. The number of carbonyl (C=O) groups excluding carboxylic acids is 3. The number of ketones is 2. The molecular weight excluding hydrogens is 280 g/mol. The highest BCUT2D eigenvalue weighted by molar-refractivity contribution is 6.08. The maximum atomic E-state index is 12.5. The molecule has 2 saturated carbocycles. The quantitative estimate of drug-likeness (QED) is 0.443. The lowest BCUT2D eigenvalue weighted by molar-refractivity contribution is -0.146. The van der Waals surface area contributed by atoms with Crippen molar-refractivity contribution < 1.29 is 19.1 Å². The molecule has 0 aliphatic heterocycles. The molecule has 0 saturated heterocycles. The van der Waals surface area contributed by atoms with Crippen LogP contribution in [0.15, 0.2) is 0 Å². The third-order valence-electron chi connectivity index (χ3n) is 5.25. The molecule has 2 rings (SSSR count). The molecule has 0 aromatic rings. The summed E-state index contributed by atoms with van der Waals surface area (Å²) in [5, 5.41) is 0. The third kappa shape index (κ3) is 4.65. The van der Waals surface area contributed by atoms with Gasteiger partial charge in [0.25, 0.3) is 0 Å². The minimum atomic E-state index is -0.571. The average Bonchev–Trinajstić information content (AvgIpc) is 2.70. The number of Topliss-reactive ketones (excluding diaryl/α,β-unsaturated/α-hetero) is 2. The molecule has 0 heterocycles. The van der Waals surface area contributed by atoms with E-state index in [-0.39, 0.29) is 24.6 Å². The Kier molecular flexibility index (Phi) is 6.59. The van der Waals surface area contributed by atoms with E-state index in [0.29, 0.717) is 24.7 Å². The van der Waals surface area contributed by atoms with E-state index in [2.05, 4.69) is 0 Å². The molecular formula is C18H28O4. The monoisotopic (exact) mass is 308 g/mol. The SMILES string of the molecule is CCOC(=O)CC(=O)C1CCCC(C2CCCCC2)CC1=O. The molecule has 2 aliphatic carbocycles. The van der Waals surface area contributed by atoms with Gasteiger partial charge in [-0.05, 0) is 31.6 Å². The first-order valence-corrected chi connectivity index (χ1v) is 8.82. The maximum Gasteiger partial charge on any atom is 0.313 e. The van der Waals surface area contributed by atoms with Crippen molar-refractivity contribution in [1.29, 1.82) is 0 Å². The molecule has 2 atom stereocenters. The van der Waals surface area contributed by atoms with Gasteiger partial charge in [-0.25, -0.2) is 0 Å². The summed E-state index contributed by atoms with van der Waals surface area (Å²) >= 11 is 0. The van der Waals surface area contributed by atoms with Crippen molar-refractivity contribution in [2.75, 3.05) is 6.61 Å². The first-order valence-electron chi connectivity index (χ1n) is 8.82. The summed E-state index contributed by atoms with van der Waals surface area (Å²) in [7, 11) is 0. The van der Waals surface area contributed by atoms with Crippen LogP contribution in [0.4, 0.5) is 0 Å². The van der Waals surface area contributed by atoms with Crippen molar-refractivity contribution in [3.05, 3.63) is 0 Å². The van der Waals surface area contributed by atoms with Gasteiger partial charge in [-0.3, -0.25) is 14.4 Å². The van der Waals surface area contributed by atoms with Gasteiger partial charge >= 0.3 is 5.97 Å². The van der Waals surface area contributed by atoms with Crippen LogP contribution in [0.2, 0.25) is 0 Å². The summed E-state index contributed by atoms with van der Waals surface area (Å²) < 4.78 is 4.82. The third-order valence-corrected chi connectivity index (χ3v) is 5.25. The highest BCUT2D eigenvalue weighted by Crippen LogP contribution is 2.37. The van der Waals surface area contributed by atoms with Crippen LogP contribution >= 0.6 is 0 Å². The molecule has 0 amide bonds. The van der Waals surface area contributed by atoms with Crippen LogP contribution in [0.1, 0.15) is 71.1 Å². The fourth-order valence-electron chi connectivity index (χ4n) is 4.07. The van der Waals surface area contributed by atoms with Crippen LogP contribution in [-0.2, 0) is 19.1 Å². The zero-order valence-electron chi connectivity index (χ0n) is 13.6.